The quantitative estimate of drug-likeness (QED) is 0.406. The van der Waals surface area contributed by atoms with Gasteiger partial charge in [-0.05, 0) is 55.7 Å². The highest BCUT2D eigenvalue weighted by Crippen LogP contribution is 2.33. The molecule has 0 saturated carbocycles. The molecule has 0 unspecified atom stereocenters. The van der Waals surface area contributed by atoms with Gasteiger partial charge in [-0.15, -0.1) is 0 Å². The molecular weight excluding hydrogens is 482 g/mol. The summed E-state index contributed by atoms with van der Waals surface area (Å²) in [6, 6.07) is 14.3. The van der Waals surface area contributed by atoms with Crippen molar-refractivity contribution in [2.24, 2.45) is 0 Å². The Morgan fingerprint density at radius 2 is 1.63 bits per heavy atom. The summed E-state index contributed by atoms with van der Waals surface area (Å²) >= 11 is 0. The summed E-state index contributed by atoms with van der Waals surface area (Å²) in [6.45, 7) is 11.4. The Labute approximate surface area is 224 Å². The molecule has 0 radical (unpaired) electrons. The number of nitrogens with one attached hydrogen (secondary N) is 1. The maximum atomic E-state index is 5.54. The minimum Gasteiger partial charge on any atom is -0.497 e. The fraction of sp³-hybridized carbons (Fsp3) is 0.464. The predicted molar refractivity (Wildman–Crippen MR) is 149 cm³/mol. The molecule has 0 spiro atoms. The number of fused-ring (bicyclic) bond motifs is 1. The van der Waals surface area contributed by atoms with Crippen molar-refractivity contribution in [2.45, 2.75) is 26.8 Å². The average Bonchev–Trinajstić information content (AvgIpc) is 3.42. The lowest BCUT2D eigenvalue weighted by Gasteiger charge is -2.35. The standard InChI is InChI=1S/C28H37N7O3/c1-4-34(5-2)27-30-26(29-13-12-21-6-9-23(36-3)10-7-21)31-28(32-27)35-16-14-33(15-17-35)19-22-8-11-24-25(18-22)38-20-37-24/h6-11,18H,4-5,12-17,19-20H2,1-3H3,(H,29,30,31,32). The SMILES string of the molecule is CCN(CC)c1nc(NCCc2ccc(OC)cc2)nc(N2CCN(Cc3ccc4c(c3)OCO4)CC2)n1. The van der Waals surface area contributed by atoms with Crippen molar-refractivity contribution in [3.8, 4) is 17.2 Å². The average molecular weight is 520 g/mol. The molecule has 10 heteroatoms. The zero-order valence-corrected chi connectivity index (χ0v) is 22.5. The van der Waals surface area contributed by atoms with Gasteiger partial charge in [0.1, 0.15) is 5.75 Å². The van der Waals surface area contributed by atoms with E-state index in [1.807, 2.05) is 18.2 Å². The molecule has 3 aromatic rings. The zero-order valence-electron chi connectivity index (χ0n) is 22.5. The third-order valence-electron chi connectivity index (χ3n) is 7.01. The molecule has 0 bridgehead atoms. The van der Waals surface area contributed by atoms with E-state index in [-0.39, 0.29) is 0 Å². The van der Waals surface area contributed by atoms with Crippen molar-refractivity contribution in [3.05, 3.63) is 53.6 Å². The van der Waals surface area contributed by atoms with Crippen molar-refractivity contribution in [3.63, 3.8) is 0 Å². The Bertz CT molecular complexity index is 1200. The lowest BCUT2D eigenvalue weighted by Crippen LogP contribution is -2.46. The molecule has 10 nitrogen and oxygen atoms in total. The van der Waals surface area contributed by atoms with E-state index in [2.05, 4.69) is 58.1 Å². The Morgan fingerprint density at radius 1 is 0.895 bits per heavy atom. The minimum absolute atomic E-state index is 0.303. The van der Waals surface area contributed by atoms with Crippen LogP contribution >= 0.6 is 0 Å². The molecule has 202 valence electrons. The number of nitrogens with zero attached hydrogens (tertiary/aromatic N) is 6. The lowest BCUT2D eigenvalue weighted by molar-refractivity contribution is 0.174. The smallest absolute Gasteiger partial charge is 0.232 e. The van der Waals surface area contributed by atoms with E-state index >= 15 is 0 Å². The fourth-order valence-corrected chi connectivity index (χ4v) is 4.74. The van der Waals surface area contributed by atoms with Crippen molar-refractivity contribution in [1.29, 1.82) is 0 Å². The van der Waals surface area contributed by atoms with Gasteiger partial charge in [0.25, 0.3) is 0 Å². The van der Waals surface area contributed by atoms with Gasteiger partial charge in [0.05, 0.1) is 7.11 Å². The maximum absolute atomic E-state index is 5.54. The van der Waals surface area contributed by atoms with Gasteiger partial charge in [-0.1, -0.05) is 18.2 Å². The molecule has 0 amide bonds. The topological polar surface area (TPSA) is 88.1 Å². The molecule has 2 aliphatic rings. The highest BCUT2D eigenvalue weighted by atomic mass is 16.7. The van der Waals surface area contributed by atoms with Crippen molar-refractivity contribution in [2.75, 3.05) is 74.8 Å². The van der Waals surface area contributed by atoms with Crippen LogP contribution in [0.25, 0.3) is 0 Å². The van der Waals surface area contributed by atoms with Gasteiger partial charge in [0, 0.05) is 52.4 Å². The molecule has 3 heterocycles. The second-order valence-corrected chi connectivity index (χ2v) is 9.41. The molecule has 1 fully saturated rings. The van der Waals surface area contributed by atoms with Crippen LogP contribution in [0, 0.1) is 0 Å². The van der Waals surface area contributed by atoms with Crippen LogP contribution in [0.3, 0.4) is 0 Å². The van der Waals surface area contributed by atoms with E-state index < -0.39 is 0 Å². The number of methoxy groups -OCH3 is 1. The van der Waals surface area contributed by atoms with Crippen molar-refractivity contribution >= 4 is 17.8 Å². The molecule has 1 aromatic heterocycles. The summed E-state index contributed by atoms with van der Waals surface area (Å²) in [7, 11) is 1.68. The van der Waals surface area contributed by atoms with Crippen LogP contribution in [0.1, 0.15) is 25.0 Å². The first kappa shape index (κ1) is 25.8. The molecule has 1 N–H and O–H groups in total. The van der Waals surface area contributed by atoms with Gasteiger partial charge < -0.3 is 29.3 Å². The van der Waals surface area contributed by atoms with Crippen LogP contribution in [0.2, 0.25) is 0 Å². The van der Waals surface area contributed by atoms with Gasteiger partial charge in [-0.2, -0.15) is 15.0 Å². The number of hydrogen-bond donors (Lipinski definition) is 1. The van der Waals surface area contributed by atoms with Crippen molar-refractivity contribution in [1.82, 2.24) is 19.9 Å². The van der Waals surface area contributed by atoms with Crippen molar-refractivity contribution < 1.29 is 14.2 Å². The van der Waals surface area contributed by atoms with E-state index in [1.165, 1.54) is 11.1 Å². The zero-order chi connectivity index (χ0) is 26.3. The van der Waals surface area contributed by atoms with E-state index in [9.17, 15) is 0 Å². The summed E-state index contributed by atoms with van der Waals surface area (Å²) in [5.74, 6) is 4.59. The van der Waals surface area contributed by atoms with E-state index in [0.29, 0.717) is 12.7 Å². The van der Waals surface area contributed by atoms with E-state index in [4.69, 9.17) is 29.2 Å². The summed E-state index contributed by atoms with van der Waals surface area (Å²) < 4.78 is 16.2. The number of anilines is 3. The summed E-state index contributed by atoms with van der Waals surface area (Å²) in [5.41, 5.74) is 2.46. The summed E-state index contributed by atoms with van der Waals surface area (Å²) in [4.78, 5) is 21.3. The molecule has 2 aliphatic heterocycles. The Balaban J connectivity index is 1.22. The third-order valence-corrected chi connectivity index (χ3v) is 7.01. The van der Waals surface area contributed by atoms with Crippen LogP contribution in [0.5, 0.6) is 17.2 Å². The second kappa shape index (κ2) is 12.2. The van der Waals surface area contributed by atoms with Crippen LogP contribution < -0.4 is 29.3 Å². The Morgan fingerprint density at radius 3 is 2.37 bits per heavy atom. The Hall–Kier alpha value is -3.79. The highest BCUT2D eigenvalue weighted by Gasteiger charge is 2.22. The second-order valence-electron chi connectivity index (χ2n) is 9.41. The molecule has 2 aromatic carbocycles. The monoisotopic (exact) mass is 519 g/mol. The highest BCUT2D eigenvalue weighted by molar-refractivity contribution is 5.46. The van der Waals surface area contributed by atoms with Crippen LogP contribution in [0.4, 0.5) is 17.8 Å². The lowest BCUT2D eigenvalue weighted by atomic mass is 10.1. The Kier molecular flexibility index (Phi) is 8.28. The number of benzene rings is 2. The predicted octanol–water partition coefficient (Wildman–Crippen LogP) is 3.43. The van der Waals surface area contributed by atoms with Gasteiger partial charge in [-0.3, -0.25) is 4.90 Å². The first-order valence-electron chi connectivity index (χ1n) is 13.4. The van der Waals surface area contributed by atoms with Gasteiger partial charge in [0.2, 0.25) is 24.6 Å². The first-order valence-corrected chi connectivity index (χ1v) is 13.4. The molecule has 5 rings (SSSR count). The number of hydrogen-bond acceptors (Lipinski definition) is 10. The third kappa shape index (κ3) is 6.19. The molecule has 0 aliphatic carbocycles. The normalized spacial score (nSPS) is 15.0. The van der Waals surface area contributed by atoms with E-state index in [0.717, 1.165) is 87.9 Å². The minimum atomic E-state index is 0.303. The van der Waals surface area contributed by atoms with E-state index in [1.54, 1.807) is 7.11 Å². The van der Waals surface area contributed by atoms with Crippen LogP contribution in [-0.4, -0.2) is 79.6 Å². The summed E-state index contributed by atoms with van der Waals surface area (Å²) in [6.07, 6.45) is 0.865. The number of rotatable bonds is 11. The summed E-state index contributed by atoms with van der Waals surface area (Å²) in [5, 5.41) is 3.43. The number of ether oxygens (including phenoxy) is 3. The van der Waals surface area contributed by atoms with Gasteiger partial charge in [-0.25, -0.2) is 0 Å². The molecule has 1 saturated heterocycles. The van der Waals surface area contributed by atoms with Gasteiger partial charge >= 0.3 is 0 Å². The van der Waals surface area contributed by atoms with Crippen LogP contribution in [0.15, 0.2) is 42.5 Å². The molecule has 38 heavy (non-hydrogen) atoms. The molecule has 0 atom stereocenters. The fourth-order valence-electron chi connectivity index (χ4n) is 4.74. The maximum Gasteiger partial charge on any atom is 0.232 e. The number of aromatic nitrogens is 3. The van der Waals surface area contributed by atoms with Crippen LogP contribution in [-0.2, 0) is 13.0 Å². The molecular formula is C28H37N7O3. The van der Waals surface area contributed by atoms with Gasteiger partial charge in [0.15, 0.2) is 11.5 Å². The number of piperazine rings is 1. The first-order chi connectivity index (χ1) is 18.6. The largest absolute Gasteiger partial charge is 0.497 e.